The lowest BCUT2D eigenvalue weighted by molar-refractivity contribution is -0.116. The molecule has 0 aliphatic rings. The number of carbonyl (C=O) groups excluding carboxylic acids is 1. The van der Waals surface area contributed by atoms with Gasteiger partial charge in [0.15, 0.2) is 0 Å². The van der Waals surface area contributed by atoms with Crippen molar-refractivity contribution < 1.29 is 22.7 Å². The lowest BCUT2D eigenvalue weighted by Gasteiger charge is -2.09. The molecule has 0 saturated heterocycles. The number of benzene rings is 2. The van der Waals surface area contributed by atoms with Gasteiger partial charge in [-0.3, -0.25) is 4.79 Å². The molecule has 29 heavy (non-hydrogen) atoms. The molecular formula is C21H26N2O5S. The van der Waals surface area contributed by atoms with Crippen LogP contribution in [0.2, 0.25) is 0 Å². The highest BCUT2D eigenvalue weighted by molar-refractivity contribution is 7.89. The monoisotopic (exact) mass is 418 g/mol. The van der Waals surface area contributed by atoms with Gasteiger partial charge in [-0.15, -0.1) is 0 Å². The van der Waals surface area contributed by atoms with Crippen LogP contribution in [-0.4, -0.2) is 41.6 Å². The van der Waals surface area contributed by atoms with Crippen LogP contribution in [0, 0.1) is 13.8 Å². The third-order valence-electron chi connectivity index (χ3n) is 4.04. The summed E-state index contributed by atoms with van der Waals surface area (Å²) in [6.45, 7) is 4.69. The maximum atomic E-state index is 12.1. The van der Waals surface area contributed by atoms with Gasteiger partial charge in [-0.05, 0) is 67.9 Å². The molecule has 7 nitrogen and oxygen atoms in total. The minimum Gasteiger partial charge on any atom is -0.495 e. The normalized spacial score (nSPS) is 11.4. The molecule has 0 spiro atoms. The first-order chi connectivity index (χ1) is 13.7. The fourth-order valence-corrected chi connectivity index (χ4v) is 3.63. The van der Waals surface area contributed by atoms with Gasteiger partial charge in [-0.25, -0.2) is 13.1 Å². The summed E-state index contributed by atoms with van der Waals surface area (Å²) in [5.74, 6) is 0.691. The van der Waals surface area contributed by atoms with Crippen LogP contribution >= 0.6 is 0 Å². The number of carbonyl (C=O) groups is 1. The Labute approximate surface area is 171 Å². The van der Waals surface area contributed by atoms with E-state index < -0.39 is 10.0 Å². The van der Waals surface area contributed by atoms with Gasteiger partial charge in [0.05, 0.1) is 13.7 Å². The van der Waals surface area contributed by atoms with Crippen molar-refractivity contribution in [3.8, 4) is 11.5 Å². The highest BCUT2D eigenvalue weighted by Crippen LogP contribution is 2.25. The van der Waals surface area contributed by atoms with Crippen molar-refractivity contribution in [2.24, 2.45) is 0 Å². The van der Waals surface area contributed by atoms with Crippen LogP contribution in [0.3, 0.4) is 0 Å². The van der Waals surface area contributed by atoms with Crippen LogP contribution in [0.25, 0.3) is 6.08 Å². The Kier molecular flexibility index (Phi) is 7.81. The summed E-state index contributed by atoms with van der Waals surface area (Å²) in [4.78, 5) is 12.0. The van der Waals surface area contributed by atoms with Gasteiger partial charge in [-0.2, -0.15) is 0 Å². The molecule has 0 bridgehead atoms. The molecule has 0 radical (unpaired) electrons. The molecule has 8 heteroatoms. The van der Waals surface area contributed by atoms with Crippen molar-refractivity contribution in [3.63, 3.8) is 0 Å². The summed E-state index contributed by atoms with van der Waals surface area (Å²) in [6, 6.07) is 10.6. The first kappa shape index (κ1) is 22.4. The number of aryl methyl sites for hydroxylation is 2. The largest absolute Gasteiger partial charge is 0.495 e. The van der Waals surface area contributed by atoms with Crippen molar-refractivity contribution in [2.45, 2.75) is 18.7 Å². The third-order valence-corrected chi connectivity index (χ3v) is 5.47. The minimum absolute atomic E-state index is 0.00639. The molecule has 2 aromatic carbocycles. The van der Waals surface area contributed by atoms with Crippen molar-refractivity contribution >= 4 is 22.0 Å². The molecule has 2 rings (SSSR count). The van der Waals surface area contributed by atoms with Gasteiger partial charge in [0.25, 0.3) is 0 Å². The van der Waals surface area contributed by atoms with Crippen molar-refractivity contribution in [2.75, 3.05) is 27.3 Å². The Bertz CT molecular complexity index is 980. The average Bonchev–Trinajstić information content (AvgIpc) is 2.68. The number of sulfonamides is 1. The Morgan fingerprint density at radius 1 is 1.10 bits per heavy atom. The van der Waals surface area contributed by atoms with Crippen molar-refractivity contribution in [1.29, 1.82) is 0 Å². The predicted octanol–water partition coefficient (Wildman–Crippen LogP) is 2.43. The quantitative estimate of drug-likeness (QED) is 0.482. The Hall–Kier alpha value is -2.84. The molecular weight excluding hydrogens is 392 g/mol. The number of ether oxygens (including phenoxy) is 2. The van der Waals surface area contributed by atoms with E-state index in [-0.39, 0.29) is 16.6 Å². The predicted molar refractivity (Wildman–Crippen MR) is 113 cm³/mol. The van der Waals surface area contributed by atoms with Crippen molar-refractivity contribution in [3.05, 3.63) is 59.2 Å². The van der Waals surface area contributed by atoms with Crippen LogP contribution < -0.4 is 19.5 Å². The van der Waals surface area contributed by atoms with E-state index in [1.807, 2.05) is 26.0 Å². The van der Waals surface area contributed by atoms with E-state index in [1.54, 1.807) is 12.1 Å². The molecule has 0 aliphatic carbocycles. The SMILES string of the molecule is CNS(=O)(=O)c1cc(C=CC(=O)NCCOc2cc(C)cc(C)c2)ccc1OC. The summed E-state index contributed by atoms with van der Waals surface area (Å²) in [7, 11) is -0.958. The Morgan fingerprint density at radius 2 is 1.79 bits per heavy atom. The number of hydrogen-bond donors (Lipinski definition) is 2. The van der Waals surface area contributed by atoms with Crippen LogP contribution in [0.4, 0.5) is 0 Å². The minimum atomic E-state index is -3.68. The summed E-state index contributed by atoms with van der Waals surface area (Å²) >= 11 is 0. The zero-order chi connectivity index (χ0) is 21.4. The highest BCUT2D eigenvalue weighted by atomic mass is 32.2. The molecule has 0 unspecified atom stereocenters. The molecule has 2 N–H and O–H groups in total. The number of methoxy groups -OCH3 is 1. The first-order valence-corrected chi connectivity index (χ1v) is 10.5. The van der Waals surface area contributed by atoms with E-state index in [0.717, 1.165) is 16.9 Å². The zero-order valence-electron chi connectivity index (χ0n) is 17.0. The van der Waals surface area contributed by atoms with Crippen LogP contribution in [-0.2, 0) is 14.8 Å². The van der Waals surface area contributed by atoms with Crippen LogP contribution in [0.15, 0.2) is 47.4 Å². The van der Waals surface area contributed by atoms with E-state index >= 15 is 0 Å². The van der Waals surface area contributed by atoms with Crippen LogP contribution in [0.5, 0.6) is 11.5 Å². The molecule has 0 fully saturated rings. The third kappa shape index (κ3) is 6.62. The maximum Gasteiger partial charge on any atom is 0.244 e. The lowest BCUT2D eigenvalue weighted by atomic mass is 10.1. The average molecular weight is 419 g/mol. The molecule has 0 saturated carbocycles. The molecule has 0 aromatic heterocycles. The molecule has 1 amide bonds. The topological polar surface area (TPSA) is 93.7 Å². The Morgan fingerprint density at radius 3 is 2.41 bits per heavy atom. The second kappa shape index (κ2) is 10.1. The fraction of sp³-hybridized carbons (Fsp3) is 0.286. The molecule has 156 valence electrons. The van der Waals surface area contributed by atoms with E-state index in [4.69, 9.17) is 9.47 Å². The van der Waals surface area contributed by atoms with E-state index in [9.17, 15) is 13.2 Å². The lowest BCUT2D eigenvalue weighted by Crippen LogP contribution is -2.26. The van der Waals surface area contributed by atoms with E-state index in [1.165, 1.54) is 32.4 Å². The smallest absolute Gasteiger partial charge is 0.244 e. The van der Waals surface area contributed by atoms with Gasteiger partial charge < -0.3 is 14.8 Å². The molecule has 0 aliphatic heterocycles. The highest BCUT2D eigenvalue weighted by Gasteiger charge is 2.17. The summed E-state index contributed by atoms with van der Waals surface area (Å²) in [6.07, 6.45) is 2.88. The standard InChI is InChI=1S/C21H26N2O5S/c1-15-11-16(2)13-18(12-15)28-10-9-23-21(24)8-6-17-5-7-19(27-4)20(14-17)29(25,26)22-3/h5-8,11-14,22H,9-10H2,1-4H3,(H,23,24). The Balaban J connectivity index is 1.92. The van der Waals surface area contributed by atoms with Crippen LogP contribution in [0.1, 0.15) is 16.7 Å². The fourth-order valence-electron chi connectivity index (χ4n) is 2.71. The van der Waals surface area contributed by atoms with Gasteiger partial charge >= 0.3 is 0 Å². The van der Waals surface area contributed by atoms with Crippen molar-refractivity contribution in [1.82, 2.24) is 10.0 Å². The summed E-state index contributed by atoms with van der Waals surface area (Å²) in [5, 5.41) is 2.72. The van der Waals surface area contributed by atoms with Gasteiger partial charge in [-0.1, -0.05) is 12.1 Å². The number of nitrogens with one attached hydrogen (secondary N) is 2. The summed E-state index contributed by atoms with van der Waals surface area (Å²) < 4.78 is 37.2. The first-order valence-electron chi connectivity index (χ1n) is 9.04. The van der Waals surface area contributed by atoms with Gasteiger partial charge in [0.1, 0.15) is 23.0 Å². The molecule has 0 atom stereocenters. The van der Waals surface area contributed by atoms with Gasteiger partial charge in [0.2, 0.25) is 15.9 Å². The maximum absolute atomic E-state index is 12.1. The zero-order valence-corrected chi connectivity index (χ0v) is 17.8. The second-order valence-electron chi connectivity index (χ2n) is 6.41. The van der Waals surface area contributed by atoms with Gasteiger partial charge in [0, 0.05) is 6.08 Å². The second-order valence-corrected chi connectivity index (χ2v) is 8.27. The van der Waals surface area contributed by atoms with E-state index in [0.29, 0.717) is 18.7 Å². The van der Waals surface area contributed by atoms with E-state index in [2.05, 4.69) is 16.1 Å². The number of hydrogen-bond acceptors (Lipinski definition) is 5. The molecule has 2 aromatic rings. The number of amides is 1. The number of rotatable bonds is 9. The summed E-state index contributed by atoms with van der Waals surface area (Å²) in [5.41, 5.74) is 2.79. The molecule has 0 heterocycles.